The number of rotatable bonds is 5. The molecular formula is C10H17N5. The summed E-state index contributed by atoms with van der Waals surface area (Å²) in [6.45, 7) is 3.24. The van der Waals surface area contributed by atoms with E-state index < -0.39 is 0 Å². The van der Waals surface area contributed by atoms with E-state index in [0.29, 0.717) is 12.6 Å². The highest BCUT2D eigenvalue weighted by Gasteiger charge is 2.21. The van der Waals surface area contributed by atoms with Gasteiger partial charge in [0.25, 0.3) is 0 Å². The van der Waals surface area contributed by atoms with Gasteiger partial charge in [0.1, 0.15) is 17.5 Å². The molecule has 2 rings (SSSR count). The fraction of sp³-hybridized carbons (Fsp3) is 0.600. The molecule has 0 saturated heterocycles. The highest BCUT2D eigenvalue weighted by atomic mass is 15.1. The Kier molecular flexibility index (Phi) is 3.01. The van der Waals surface area contributed by atoms with Gasteiger partial charge in [0.05, 0.1) is 0 Å². The highest BCUT2D eigenvalue weighted by Crippen LogP contribution is 2.24. The fourth-order valence-electron chi connectivity index (χ4n) is 1.37. The molecule has 1 aromatic rings. The van der Waals surface area contributed by atoms with Crippen LogP contribution in [0.4, 0.5) is 11.6 Å². The maximum absolute atomic E-state index is 5.42. The molecule has 0 unspecified atom stereocenters. The second-order valence-electron chi connectivity index (χ2n) is 3.82. The second-order valence-corrected chi connectivity index (χ2v) is 3.82. The first-order valence-electron chi connectivity index (χ1n) is 5.34. The topological polar surface area (TPSA) is 75.9 Å². The van der Waals surface area contributed by atoms with Gasteiger partial charge >= 0.3 is 0 Å². The van der Waals surface area contributed by atoms with Crippen molar-refractivity contribution in [1.82, 2.24) is 9.97 Å². The van der Waals surface area contributed by atoms with Gasteiger partial charge < -0.3 is 16.4 Å². The minimum Gasteiger partial charge on any atom is -0.369 e. The monoisotopic (exact) mass is 207 g/mol. The zero-order valence-electron chi connectivity index (χ0n) is 8.95. The molecule has 0 aliphatic heterocycles. The van der Waals surface area contributed by atoms with E-state index in [-0.39, 0.29) is 0 Å². The summed E-state index contributed by atoms with van der Waals surface area (Å²) in [6, 6.07) is 2.54. The lowest BCUT2D eigenvalue weighted by molar-refractivity contribution is 0.978. The summed E-state index contributed by atoms with van der Waals surface area (Å²) in [6.07, 6.45) is 2.49. The van der Waals surface area contributed by atoms with Crippen LogP contribution in [0.25, 0.3) is 0 Å². The SMILES string of the molecule is Cc1nc(NCCN)cc(NC2CC2)n1. The highest BCUT2D eigenvalue weighted by molar-refractivity contribution is 5.48. The predicted octanol–water partition coefficient (Wildman–Crippen LogP) is 0.730. The number of anilines is 2. The number of hydrogen-bond donors (Lipinski definition) is 3. The molecule has 1 fully saturated rings. The Morgan fingerprint density at radius 1 is 1.40 bits per heavy atom. The molecule has 1 heterocycles. The number of nitrogens with zero attached hydrogens (tertiary/aromatic N) is 2. The van der Waals surface area contributed by atoms with E-state index in [0.717, 1.165) is 24.0 Å². The van der Waals surface area contributed by atoms with Gasteiger partial charge in [-0.05, 0) is 19.8 Å². The predicted molar refractivity (Wildman–Crippen MR) is 61.0 cm³/mol. The standard InChI is InChI=1S/C10H17N5/c1-7-13-9(12-5-4-11)6-10(14-7)15-8-2-3-8/h6,8H,2-5,11H2,1H3,(H2,12,13,14,15). The van der Waals surface area contributed by atoms with E-state index >= 15 is 0 Å². The van der Waals surface area contributed by atoms with Crippen molar-refractivity contribution in [1.29, 1.82) is 0 Å². The second kappa shape index (κ2) is 4.44. The Labute approximate surface area is 89.5 Å². The van der Waals surface area contributed by atoms with E-state index in [1.54, 1.807) is 0 Å². The van der Waals surface area contributed by atoms with Crippen LogP contribution in [0.2, 0.25) is 0 Å². The molecule has 0 spiro atoms. The van der Waals surface area contributed by atoms with Crippen molar-refractivity contribution >= 4 is 11.6 Å². The van der Waals surface area contributed by atoms with Gasteiger partial charge in [-0.15, -0.1) is 0 Å². The van der Waals surface area contributed by atoms with Crippen molar-refractivity contribution in [2.75, 3.05) is 23.7 Å². The Morgan fingerprint density at radius 3 is 2.80 bits per heavy atom. The van der Waals surface area contributed by atoms with Crippen molar-refractivity contribution in [3.05, 3.63) is 11.9 Å². The number of aryl methyl sites for hydroxylation is 1. The molecule has 1 aromatic heterocycles. The van der Waals surface area contributed by atoms with Crippen LogP contribution in [0.3, 0.4) is 0 Å². The van der Waals surface area contributed by atoms with E-state index in [1.165, 1.54) is 12.8 Å². The average molecular weight is 207 g/mol. The van der Waals surface area contributed by atoms with Crippen LogP contribution < -0.4 is 16.4 Å². The Bertz CT molecular complexity index is 335. The van der Waals surface area contributed by atoms with E-state index in [9.17, 15) is 0 Å². The van der Waals surface area contributed by atoms with Crippen molar-refractivity contribution in [3.63, 3.8) is 0 Å². The van der Waals surface area contributed by atoms with Crippen LogP contribution in [-0.4, -0.2) is 29.1 Å². The lowest BCUT2D eigenvalue weighted by Gasteiger charge is -2.08. The van der Waals surface area contributed by atoms with Crippen molar-refractivity contribution < 1.29 is 0 Å². The first kappa shape index (κ1) is 10.2. The molecular weight excluding hydrogens is 190 g/mol. The molecule has 1 aliphatic carbocycles. The number of hydrogen-bond acceptors (Lipinski definition) is 5. The summed E-state index contributed by atoms with van der Waals surface area (Å²) in [4.78, 5) is 8.61. The summed E-state index contributed by atoms with van der Waals surface area (Å²) in [5, 5.41) is 6.50. The van der Waals surface area contributed by atoms with Gasteiger partial charge in [-0.1, -0.05) is 0 Å². The van der Waals surface area contributed by atoms with Crippen LogP contribution in [0.15, 0.2) is 6.07 Å². The molecule has 1 aliphatic rings. The maximum Gasteiger partial charge on any atom is 0.132 e. The summed E-state index contributed by atoms with van der Waals surface area (Å²) in [5.41, 5.74) is 5.42. The third-order valence-electron chi connectivity index (χ3n) is 2.22. The number of nitrogens with two attached hydrogens (primary N) is 1. The molecule has 82 valence electrons. The molecule has 15 heavy (non-hydrogen) atoms. The van der Waals surface area contributed by atoms with Gasteiger partial charge in [-0.3, -0.25) is 0 Å². The van der Waals surface area contributed by atoms with Crippen molar-refractivity contribution in [3.8, 4) is 0 Å². The lowest BCUT2D eigenvalue weighted by Crippen LogP contribution is -2.15. The van der Waals surface area contributed by atoms with Crippen LogP contribution in [0, 0.1) is 6.92 Å². The number of aromatic nitrogens is 2. The number of nitrogens with one attached hydrogen (secondary N) is 2. The van der Waals surface area contributed by atoms with Gasteiger partial charge in [0.2, 0.25) is 0 Å². The van der Waals surface area contributed by atoms with Gasteiger partial charge in [0, 0.05) is 25.2 Å². The maximum atomic E-state index is 5.42. The third kappa shape index (κ3) is 3.06. The third-order valence-corrected chi connectivity index (χ3v) is 2.22. The van der Waals surface area contributed by atoms with Crippen LogP contribution in [-0.2, 0) is 0 Å². The largest absolute Gasteiger partial charge is 0.369 e. The Hall–Kier alpha value is -1.36. The zero-order valence-corrected chi connectivity index (χ0v) is 8.95. The zero-order chi connectivity index (χ0) is 10.7. The van der Waals surface area contributed by atoms with Crippen molar-refractivity contribution in [2.24, 2.45) is 5.73 Å². The molecule has 4 N–H and O–H groups in total. The first-order valence-corrected chi connectivity index (χ1v) is 5.34. The summed E-state index contributed by atoms with van der Waals surface area (Å²) >= 11 is 0. The van der Waals surface area contributed by atoms with E-state index in [2.05, 4.69) is 20.6 Å². The first-order chi connectivity index (χ1) is 7.28. The minimum atomic E-state index is 0.606. The van der Waals surface area contributed by atoms with Gasteiger partial charge in [-0.25, -0.2) is 9.97 Å². The molecule has 0 atom stereocenters. The fourth-order valence-corrected chi connectivity index (χ4v) is 1.37. The van der Waals surface area contributed by atoms with Crippen LogP contribution in [0.1, 0.15) is 18.7 Å². The Balaban J connectivity index is 2.05. The van der Waals surface area contributed by atoms with Crippen LogP contribution >= 0.6 is 0 Å². The molecule has 0 bridgehead atoms. The molecule has 0 aromatic carbocycles. The average Bonchev–Trinajstić information content (AvgIpc) is 2.98. The minimum absolute atomic E-state index is 0.606. The normalized spacial score (nSPS) is 15.1. The molecule has 0 amide bonds. The summed E-state index contributed by atoms with van der Waals surface area (Å²) in [5.74, 6) is 2.53. The van der Waals surface area contributed by atoms with Gasteiger partial charge in [-0.2, -0.15) is 0 Å². The summed E-state index contributed by atoms with van der Waals surface area (Å²) < 4.78 is 0. The summed E-state index contributed by atoms with van der Waals surface area (Å²) in [7, 11) is 0. The quantitative estimate of drug-likeness (QED) is 0.663. The Morgan fingerprint density at radius 2 is 2.13 bits per heavy atom. The van der Waals surface area contributed by atoms with E-state index in [1.807, 2.05) is 13.0 Å². The molecule has 5 nitrogen and oxygen atoms in total. The van der Waals surface area contributed by atoms with Gasteiger partial charge in [0.15, 0.2) is 0 Å². The van der Waals surface area contributed by atoms with Crippen molar-refractivity contribution in [2.45, 2.75) is 25.8 Å². The molecule has 1 saturated carbocycles. The molecule has 0 radical (unpaired) electrons. The van der Waals surface area contributed by atoms with E-state index in [4.69, 9.17) is 5.73 Å². The molecule has 5 heteroatoms. The lowest BCUT2D eigenvalue weighted by atomic mass is 10.4. The smallest absolute Gasteiger partial charge is 0.132 e. The van der Waals surface area contributed by atoms with Crippen LogP contribution in [0.5, 0.6) is 0 Å².